The van der Waals surface area contributed by atoms with E-state index in [9.17, 15) is 0 Å². The van der Waals surface area contributed by atoms with Crippen molar-refractivity contribution >= 4 is 10.9 Å². The highest BCUT2D eigenvalue weighted by atomic mass is 16.5. The number of nitrogens with zero attached hydrogens (tertiary/aromatic N) is 3. The molecule has 122 valence electrons. The van der Waals surface area contributed by atoms with Crippen LogP contribution in [0.1, 0.15) is 28.5 Å². The summed E-state index contributed by atoms with van der Waals surface area (Å²) in [5.74, 6) is 0.815. The normalized spacial score (nSPS) is 11.5. The highest BCUT2D eigenvalue weighted by molar-refractivity contribution is 6.01. The first-order valence-electron chi connectivity index (χ1n) is 7.91. The monoisotopic (exact) mass is 321 g/mol. The highest BCUT2D eigenvalue weighted by Gasteiger charge is 2.19. The van der Waals surface area contributed by atoms with Crippen LogP contribution >= 0.6 is 0 Å². The van der Waals surface area contributed by atoms with Gasteiger partial charge in [-0.05, 0) is 57.9 Å². The highest BCUT2D eigenvalue weighted by Crippen LogP contribution is 2.38. The summed E-state index contributed by atoms with van der Waals surface area (Å²) in [5, 5.41) is 20.2. The minimum atomic E-state index is 0.815. The summed E-state index contributed by atoms with van der Waals surface area (Å²) in [5.41, 5.74) is 9.23. The van der Waals surface area contributed by atoms with Crippen molar-refractivity contribution in [2.45, 2.75) is 34.6 Å². The molecule has 6 heteroatoms. The zero-order valence-electron chi connectivity index (χ0n) is 14.4. The van der Waals surface area contributed by atoms with Crippen LogP contribution in [0.4, 0.5) is 0 Å². The van der Waals surface area contributed by atoms with E-state index in [2.05, 4.69) is 37.7 Å². The molecular formula is C18H19N5O. The molecule has 1 aromatic carbocycles. The van der Waals surface area contributed by atoms with Gasteiger partial charge in [0.2, 0.25) is 0 Å². The zero-order valence-corrected chi connectivity index (χ0v) is 14.4. The van der Waals surface area contributed by atoms with Gasteiger partial charge in [-0.25, -0.2) is 0 Å². The Morgan fingerprint density at radius 1 is 0.833 bits per heavy atom. The predicted molar refractivity (Wildman–Crippen MR) is 92.9 cm³/mol. The number of H-pyrrole nitrogens is 2. The second-order valence-corrected chi connectivity index (χ2v) is 6.26. The minimum Gasteiger partial charge on any atom is -0.361 e. The lowest BCUT2D eigenvalue weighted by Gasteiger charge is -2.09. The van der Waals surface area contributed by atoms with E-state index < -0.39 is 0 Å². The van der Waals surface area contributed by atoms with Crippen LogP contribution < -0.4 is 0 Å². The summed E-state index contributed by atoms with van der Waals surface area (Å²) >= 11 is 0. The molecule has 0 saturated carbocycles. The molecule has 3 aromatic heterocycles. The minimum absolute atomic E-state index is 0.815. The number of hydrogen-bond acceptors (Lipinski definition) is 4. The van der Waals surface area contributed by atoms with E-state index in [0.29, 0.717) is 0 Å². The van der Waals surface area contributed by atoms with Crippen LogP contribution in [0, 0.1) is 34.6 Å². The first-order chi connectivity index (χ1) is 11.5. The molecule has 0 atom stereocenters. The molecule has 4 rings (SSSR count). The quantitative estimate of drug-likeness (QED) is 0.581. The predicted octanol–water partition coefficient (Wildman–Crippen LogP) is 4.15. The van der Waals surface area contributed by atoms with Crippen LogP contribution in [-0.2, 0) is 0 Å². The molecule has 0 unspecified atom stereocenters. The first-order valence-corrected chi connectivity index (χ1v) is 7.91. The molecule has 24 heavy (non-hydrogen) atoms. The zero-order chi connectivity index (χ0) is 17.0. The molecule has 0 aliphatic carbocycles. The van der Waals surface area contributed by atoms with E-state index in [4.69, 9.17) is 4.52 Å². The van der Waals surface area contributed by atoms with Crippen molar-refractivity contribution in [1.29, 1.82) is 0 Å². The second-order valence-electron chi connectivity index (χ2n) is 6.26. The van der Waals surface area contributed by atoms with Crippen molar-refractivity contribution in [3.63, 3.8) is 0 Å². The summed E-state index contributed by atoms with van der Waals surface area (Å²) in [7, 11) is 0. The topological polar surface area (TPSA) is 83.4 Å². The van der Waals surface area contributed by atoms with Gasteiger partial charge in [-0.1, -0.05) is 5.16 Å². The number of aryl methyl sites for hydroxylation is 5. The van der Waals surface area contributed by atoms with E-state index in [1.807, 2.05) is 34.6 Å². The van der Waals surface area contributed by atoms with Gasteiger partial charge in [-0.3, -0.25) is 10.2 Å². The Balaban J connectivity index is 2.10. The second kappa shape index (κ2) is 5.06. The van der Waals surface area contributed by atoms with Crippen molar-refractivity contribution in [3.05, 3.63) is 40.7 Å². The number of benzene rings is 1. The molecule has 0 aliphatic rings. The molecule has 3 heterocycles. The van der Waals surface area contributed by atoms with Crippen LogP contribution in [0.15, 0.2) is 16.7 Å². The molecule has 2 N–H and O–H groups in total. The molecule has 0 spiro atoms. The smallest absolute Gasteiger partial charge is 0.141 e. The Kier molecular flexibility index (Phi) is 3.09. The number of nitrogens with one attached hydrogen (secondary N) is 2. The number of aromatic amines is 2. The number of hydrogen-bond donors (Lipinski definition) is 2. The standard InChI is InChI=1S/C18H19N5O/c1-8-16(9(2)20-19-8)14-6-13(17-11(4)23-24-12(17)5)7-15-18(14)10(3)21-22-15/h6-7H,1-5H3,(H,19,20)(H,21,22). The maximum atomic E-state index is 5.35. The van der Waals surface area contributed by atoms with Crippen molar-refractivity contribution in [2.75, 3.05) is 0 Å². The van der Waals surface area contributed by atoms with Gasteiger partial charge < -0.3 is 4.52 Å². The number of aromatic nitrogens is 5. The van der Waals surface area contributed by atoms with Gasteiger partial charge in [0.1, 0.15) is 5.76 Å². The van der Waals surface area contributed by atoms with Crippen LogP contribution in [0.5, 0.6) is 0 Å². The van der Waals surface area contributed by atoms with Crippen LogP contribution in [0.25, 0.3) is 33.2 Å². The fourth-order valence-electron chi connectivity index (χ4n) is 3.50. The van der Waals surface area contributed by atoms with E-state index in [0.717, 1.165) is 61.7 Å². The molecule has 0 fully saturated rings. The average molecular weight is 321 g/mol. The lowest BCUT2D eigenvalue weighted by molar-refractivity contribution is 0.393. The number of rotatable bonds is 2. The maximum absolute atomic E-state index is 5.35. The van der Waals surface area contributed by atoms with E-state index in [1.165, 1.54) is 0 Å². The van der Waals surface area contributed by atoms with Gasteiger partial charge in [0.05, 0.1) is 22.6 Å². The Labute approximate surface area is 139 Å². The van der Waals surface area contributed by atoms with Crippen LogP contribution in [0.3, 0.4) is 0 Å². The summed E-state index contributed by atoms with van der Waals surface area (Å²) in [6.45, 7) is 9.97. The summed E-state index contributed by atoms with van der Waals surface area (Å²) in [6.07, 6.45) is 0. The SMILES string of the molecule is Cc1n[nH]c(C)c1-c1cc(-c2c(C)noc2C)cc2[nH]nc(C)c12. The Morgan fingerprint density at radius 3 is 2.21 bits per heavy atom. The first kappa shape index (κ1) is 14.7. The third-order valence-corrected chi connectivity index (χ3v) is 4.56. The van der Waals surface area contributed by atoms with E-state index in [-0.39, 0.29) is 0 Å². The van der Waals surface area contributed by atoms with Crippen molar-refractivity contribution < 1.29 is 4.52 Å². The Morgan fingerprint density at radius 2 is 1.58 bits per heavy atom. The van der Waals surface area contributed by atoms with Gasteiger partial charge >= 0.3 is 0 Å². The molecule has 6 nitrogen and oxygen atoms in total. The molecule has 0 amide bonds. The third kappa shape index (κ3) is 1.99. The van der Waals surface area contributed by atoms with Gasteiger partial charge in [-0.2, -0.15) is 10.2 Å². The summed E-state index contributed by atoms with van der Waals surface area (Å²) in [4.78, 5) is 0. The van der Waals surface area contributed by atoms with E-state index in [1.54, 1.807) is 0 Å². The molecule has 0 aliphatic heterocycles. The van der Waals surface area contributed by atoms with Gasteiger partial charge in [-0.15, -0.1) is 0 Å². The van der Waals surface area contributed by atoms with E-state index >= 15 is 0 Å². The lowest BCUT2D eigenvalue weighted by atomic mass is 9.93. The van der Waals surface area contributed by atoms with Crippen molar-refractivity contribution in [3.8, 4) is 22.3 Å². The molecule has 4 aromatic rings. The lowest BCUT2D eigenvalue weighted by Crippen LogP contribution is -1.89. The van der Waals surface area contributed by atoms with Crippen molar-refractivity contribution in [2.24, 2.45) is 0 Å². The third-order valence-electron chi connectivity index (χ3n) is 4.56. The van der Waals surface area contributed by atoms with Gasteiger partial charge in [0, 0.05) is 22.2 Å². The van der Waals surface area contributed by atoms with Crippen LogP contribution in [0.2, 0.25) is 0 Å². The largest absolute Gasteiger partial charge is 0.361 e. The van der Waals surface area contributed by atoms with Gasteiger partial charge in [0.25, 0.3) is 0 Å². The molecular weight excluding hydrogens is 302 g/mol. The fraction of sp³-hybridized carbons (Fsp3) is 0.278. The fourth-order valence-corrected chi connectivity index (χ4v) is 3.50. The summed E-state index contributed by atoms with van der Waals surface area (Å²) < 4.78 is 5.35. The average Bonchev–Trinajstić information content (AvgIpc) is 3.18. The maximum Gasteiger partial charge on any atom is 0.141 e. The Bertz CT molecular complexity index is 1030. The summed E-state index contributed by atoms with van der Waals surface area (Å²) in [6, 6.07) is 4.29. The Hall–Kier alpha value is -2.89. The molecule has 0 radical (unpaired) electrons. The van der Waals surface area contributed by atoms with Crippen molar-refractivity contribution in [1.82, 2.24) is 25.6 Å². The number of fused-ring (bicyclic) bond motifs is 1. The van der Waals surface area contributed by atoms with Crippen LogP contribution in [-0.4, -0.2) is 25.6 Å². The molecule has 0 saturated heterocycles. The van der Waals surface area contributed by atoms with Gasteiger partial charge in [0.15, 0.2) is 0 Å². The molecule has 0 bridgehead atoms.